The van der Waals surface area contributed by atoms with E-state index >= 15 is 0 Å². The van der Waals surface area contributed by atoms with Gasteiger partial charge < -0.3 is 10.2 Å². The number of nitrogens with zero attached hydrogens (tertiary/aromatic N) is 6. The minimum absolute atomic E-state index is 0.0427. The SMILES string of the molecule is CCOn1cc(-c2ncc(-c3nc(NC4CCN(S(C)(=O)=O)CC4)ncc3C(F)(F)F)s2)c(C)n1. The van der Waals surface area contributed by atoms with Crippen molar-refractivity contribution in [3.63, 3.8) is 0 Å². The van der Waals surface area contributed by atoms with Gasteiger partial charge in [-0.2, -0.15) is 13.2 Å². The van der Waals surface area contributed by atoms with Crippen LogP contribution in [-0.2, 0) is 16.2 Å². The van der Waals surface area contributed by atoms with E-state index in [0.29, 0.717) is 48.8 Å². The van der Waals surface area contributed by atoms with E-state index in [-0.39, 0.29) is 22.6 Å². The average molecular weight is 532 g/mol. The third-order valence-corrected chi connectivity index (χ3v) is 7.80. The quantitative estimate of drug-likeness (QED) is 0.495. The van der Waals surface area contributed by atoms with Crippen molar-refractivity contribution in [3.05, 3.63) is 29.8 Å². The molecule has 0 amide bonds. The fourth-order valence-corrected chi connectivity index (χ4v) is 5.57. The van der Waals surface area contributed by atoms with Gasteiger partial charge in [0.25, 0.3) is 0 Å². The maximum absolute atomic E-state index is 13.8. The first kappa shape index (κ1) is 25.3. The maximum Gasteiger partial charge on any atom is 0.420 e. The molecule has 1 aliphatic rings. The Balaban J connectivity index is 1.60. The Bertz CT molecular complexity index is 1300. The first-order chi connectivity index (χ1) is 16.5. The Morgan fingerprint density at radius 3 is 2.57 bits per heavy atom. The maximum atomic E-state index is 13.8. The zero-order valence-corrected chi connectivity index (χ0v) is 20.8. The van der Waals surface area contributed by atoms with Gasteiger partial charge in [0.05, 0.1) is 34.3 Å². The summed E-state index contributed by atoms with van der Waals surface area (Å²) >= 11 is 1.06. The number of anilines is 1. The highest BCUT2D eigenvalue weighted by Gasteiger charge is 2.36. The molecule has 1 N–H and O–H groups in total. The van der Waals surface area contributed by atoms with Crippen molar-refractivity contribution in [2.75, 3.05) is 31.3 Å². The molecule has 1 fully saturated rings. The van der Waals surface area contributed by atoms with E-state index in [1.807, 2.05) is 6.92 Å². The molecular formula is C20H24F3N7O3S2. The molecule has 3 aromatic rings. The molecule has 1 saturated heterocycles. The molecule has 0 spiro atoms. The van der Waals surface area contributed by atoms with Crippen LogP contribution in [0, 0.1) is 6.92 Å². The Morgan fingerprint density at radius 2 is 1.94 bits per heavy atom. The summed E-state index contributed by atoms with van der Waals surface area (Å²) in [4.78, 5) is 19.2. The normalized spacial score (nSPS) is 15.9. The van der Waals surface area contributed by atoms with Gasteiger partial charge in [-0.05, 0) is 26.7 Å². The lowest BCUT2D eigenvalue weighted by atomic mass is 10.1. The molecule has 1 aliphatic heterocycles. The van der Waals surface area contributed by atoms with Crippen molar-refractivity contribution in [2.24, 2.45) is 0 Å². The smallest absolute Gasteiger partial charge is 0.397 e. The molecule has 3 aromatic heterocycles. The van der Waals surface area contributed by atoms with E-state index in [1.165, 1.54) is 15.3 Å². The number of nitrogens with one attached hydrogen (secondary N) is 1. The van der Waals surface area contributed by atoms with Crippen molar-refractivity contribution in [1.29, 1.82) is 0 Å². The lowest BCUT2D eigenvalue weighted by Gasteiger charge is -2.30. The van der Waals surface area contributed by atoms with Crippen LogP contribution >= 0.6 is 11.3 Å². The van der Waals surface area contributed by atoms with Gasteiger partial charge >= 0.3 is 6.18 Å². The zero-order chi connectivity index (χ0) is 25.4. The number of sulfonamides is 1. The Hall–Kier alpha value is -2.78. The van der Waals surface area contributed by atoms with Crippen molar-refractivity contribution < 1.29 is 26.4 Å². The largest absolute Gasteiger partial charge is 0.420 e. The number of aryl methyl sites for hydroxylation is 1. The third kappa shape index (κ3) is 5.73. The standard InChI is InChI=1S/C20H24F3N7O3S2/c1-4-33-30-11-14(12(2)28-30)18-24-10-16(34-18)17-15(20(21,22)23)9-25-19(27-17)26-13-5-7-29(8-6-13)35(3,31)32/h9-11,13H,4-8H2,1-3H3,(H,25,26,27). The number of alkyl halides is 3. The fourth-order valence-electron chi connectivity index (χ4n) is 3.71. The molecule has 4 rings (SSSR count). The fraction of sp³-hybridized carbons (Fsp3) is 0.500. The van der Waals surface area contributed by atoms with Gasteiger partial charge in [-0.25, -0.2) is 27.7 Å². The van der Waals surface area contributed by atoms with Crippen LogP contribution in [0.4, 0.5) is 19.1 Å². The number of hydrogen-bond acceptors (Lipinski definition) is 9. The number of hydrogen-bond donors (Lipinski definition) is 1. The van der Waals surface area contributed by atoms with Crippen LogP contribution in [0.1, 0.15) is 31.0 Å². The summed E-state index contributed by atoms with van der Waals surface area (Å²) in [7, 11) is -3.28. The molecule has 0 aromatic carbocycles. The van der Waals surface area contributed by atoms with Crippen molar-refractivity contribution in [3.8, 4) is 21.1 Å². The lowest BCUT2D eigenvalue weighted by molar-refractivity contribution is -0.137. The number of thiazole rings is 1. The second kappa shape index (κ2) is 9.70. The monoisotopic (exact) mass is 531 g/mol. The van der Waals surface area contributed by atoms with Crippen LogP contribution in [-0.4, -0.2) is 69.6 Å². The van der Waals surface area contributed by atoms with Gasteiger partial charge in [-0.3, -0.25) is 0 Å². The molecule has 10 nitrogen and oxygen atoms in total. The molecular weight excluding hydrogens is 507 g/mol. The second-order valence-electron chi connectivity index (χ2n) is 8.01. The van der Waals surface area contributed by atoms with Gasteiger partial charge in [-0.1, -0.05) is 0 Å². The second-order valence-corrected chi connectivity index (χ2v) is 11.0. The summed E-state index contributed by atoms with van der Waals surface area (Å²) in [5, 5.41) is 7.75. The summed E-state index contributed by atoms with van der Waals surface area (Å²) in [6.45, 7) is 4.61. The van der Waals surface area contributed by atoms with Crippen LogP contribution in [0.2, 0.25) is 0 Å². The van der Waals surface area contributed by atoms with Crippen LogP contribution < -0.4 is 10.2 Å². The van der Waals surface area contributed by atoms with Gasteiger partial charge in [0, 0.05) is 31.5 Å². The zero-order valence-electron chi connectivity index (χ0n) is 19.2. The molecule has 0 saturated carbocycles. The minimum Gasteiger partial charge on any atom is -0.397 e. The van der Waals surface area contributed by atoms with E-state index in [4.69, 9.17) is 4.84 Å². The minimum atomic E-state index is -4.66. The summed E-state index contributed by atoms with van der Waals surface area (Å²) in [5.41, 5.74) is 0.0308. The van der Waals surface area contributed by atoms with E-state index in [2.05, 4.69) is 25.4 Å². The van der Waals surface area contributed by atoms with Gasteiger partial charge in [0.2, 0.25) is 16.0 Å². The number of aromatic nitrogens is 5. The van der Waals surface area contributed by atoms with E-state index < -0.39 is 21.8 Å². The number of rotatable bonds is 7. The summed E-state index contributed by atoms with van der Waals surface area (Å²) < 4.78 is 66.0. The highest BCUT2D eigenvalue weighted by atomic mass is 32.2. The highest BCUT2D eigenvalue weighted by molar-refractivity contribution is 7.88. The van der Waals surface area contributed by atoms with Gasteiger partial charge in [0.15, 0.2) is 0 Å². The molecule has 0 bridgehead atoms. The molecule has 0 unspecified atom stereocenters. The molecule has 0 aliphatic carbocycles. The number of piperidine rings is 1. The van der Waals surface area contributed by atoms with Crippen LogP contribution in [0.3, 0.4) is 0 Å². The lowest BCUT2D eigenvalue weighted by Crippen LogP contribution is -2.42. The van der Waals surface area contributed by atoms with Crippen molar-refractivity contribution in [2.45, 2.75) is 38.9 Å². The van der Waals surface area contributed by atoms with Gasteiger partial charge in [-0.15, -0.1) is 21.3 Å². The summed E-state index contributed by atoms with van der Waals surface area (Å²) in [6, 6.07) is -0.165. The molecule has 35 heavy (non-hydrogen) atoms. The molecule has 4 heterocycles. The number of halogens is 3. The Kier molecular flexibility index (Phi) is 7.02. The molecule has 15 heteroatoms. The first-order valence-electron chi connectivity index (χ1n) is 10.8. The summed E-state index contributed by atoms with van der Waals surface area (Å²) in [5.74, 6) is 0.0427. The average Bonchev–Trinajstić information content (AvgIpc) is 3.39. The third-order valence-electron chi connectivity index (χ3n) is 5.46. The Morgan fingerprint density at radius 1 is 1.23 bits per heavy atom. The molecule has 190 valence electrons. The van der Waals surface area contributed by atoms with Gasteiger partial charge in [0.1, 0.15) is 17.2 Å². The van der Waals surface area contributed by atoms with E-state index in [0.717, 1.165) is 23.8 Å². The first-order valence-corrected chi connectivity index (χ1v) is 13.4. The highest BCUT2D eigenvalue weighted by Crippen LogP contribution is 2.40. The van der Waals surface area contributed by atoms with Crippen molar-refractivity contribution in [1.82, 2.24) is 29.2 Å². The van der Waals surface area contributed by atoms with Crippen LogP contribution in [0.5, 0.6) is 0 Å². The Labute approximate surface area is 204 Å². The van der Waals surface area contributed by atoms with Crippen LogP contribution in [0.15, 0.2) is 18.6 Å². The predicted molar refractivity (Wildman–Crippen MR) is 124 cm³/mol. The molecule has 0 atom stereocenters. The predicted octanol–water partition coefficient (Wildman–Crippen LogP) is 3.08. The topological polar surface area (TPSA) is 115 Å². The summed E-state index contributed by atoms with van der Waals surface area (Å²) in [6.07, 6.45) is 1.20. The van der Waals surface area contributed by atoms with E-state index in [9.17, 15) is 21.6 Å². The van der Waals surface area contributed by atoms with E-state index in [1.54, 1.807) is 13.1 Å². The molecule has 0 radical (unpaired) electrons. The van der Waals surface area contributed by atoms with Crippen LogP contribution in [0.25, 0.3) is 21.1 Å². The van der Waals surface area contributed by atoms with Crippen molar-refractivity contribution >= 4 is 27.3 Å².